The van der Waals surface area contributed by atoms with Crippen LogP contribution in [0.4, 0.5) is 5.69 Å². The molecule has 0 saturated carbocycles. The fraction of sp³-hybridized carbons (Fsp3) is 0. The van der Waals surface area contributed by atoms with Crippen LogP contribution in [0.5, 0.6) is 0 Å². The number of hydrogen-bond donors (Lipinski definition) is 2. The number of anilines is 1. The molecule has 0 aliphatic heterocycles. The van der Waals surface area contributed by atoms with Gasteiger partial charge in [0, 0.05) is 35.9 Å². The Morgan fingerprint density at radius 3 is 3.00 bits per heavy atom. The van der Waals surface area contributed by atoms with Crippen molar-refractivity contribution in [1.82, 2.24) is 14.4 Å². The third-order valence-electron chi connectivity index (χ3n) is 2.67. The number of rotatable bonds is 3. The predicted octanol–water partition coefficient (Wildman–Crippen LogP) is 1.94. The number of nitrogens with one attached hydrogen (secondary N) is 1. The standard InChI is InChI=1S/C12H10N4O2S/c17-19(18)15-11-5-10(6-13-7-11)9-1-2-12-14-3-4-16(12)8-9/h1-8,15H,(H,17,18). The van der Waals surface area contributed by atoms with Crippen LogP contribution in [0.2, 0.25) is 0 Å². The Morgan fingerprint density at radius 2 is 2.16 bits per heavy atom. The summed E-state index contributed by atoms with van der Waals surface area (Å²) in [6.07, 6.45) is 8.71. The quantitative estimate of drug-likeness (QED) is 0.715. The molecule has 6 nitrogen and oxygen atoms in total. The zero-order valence-electron chi connectivity index (χ0n) is 9.72. The van der Waals surface area contributed by atoms with Crippen molar-refractivity contribution in [2.45, 2.75) is 0 Å². The van der Waals surface area contributed by atoms with Gasteiger partial charge in [-0.2, -0.15) is 0 Å². The van der Waals surface area contributed by atoms with E-state index >= 15 is 0 Å². The molecule has 0 spiro atoms. The maximum atomic E-state index is 10.7. The van der Waals surface area contributed by atoms with Gasteiger partial charge in [-0.15, -0.1) is 0 Å². The zero-order valence-corrected chi connectivity index (χ0v) is 10.5. The highest BCUT2D eigenvalue weighted by atomic mass is 32.2. The first kappa shape index (κ1) is 11.8. The van der Waals surface area contributed by atoms with Crippen molar-refractivity contribution < 1.29 is 8.76 Å². The molecular weight excluding hydrogens is 264 g/mol. The number of imidazole rings is 1. The number of aromatic nitrogens is 3. The Kier molecular flexibility index (Phi) is 2.98. The van der Waals surface area contributed by atoms with E-state index in [0.717, 1.165) is 16.8 Å². The molecule has 3 rings (SSSR count). The molecule has 1 unspecified atom stereocenters. The molecule has 0 fully saturated rings. The second kappa shape index (κ2) is 4.79. The summed E-state index contributed by atoms with van der Waals surface area (Å²) in [5.41, 5.74) is 3.16. The van der Waals surface area contributed by atoms with E-state index in [1.807, 2.05) is 28.9 Å². The molecular formula is C12H10N4O2S. The summed E-state index contributed by atoms with van der Waals surface area (Å²) < 4.78 is 23.8. The molecule has 3 aromatic heterocycles. The maximum absolute atomic E-state index is 10.7. The largest absolute Gasteiger partial charge is 0.306 e. The summed E-state index contributed by atoms with van der Waals surface area (Å²) in [6.45, 7) is 0. The fourth-order valence-corrected chi connectivity index (χ4v) is 2.16. The van der Waals surface area contributed by atoms with Crippen molar-refractivity contribution in [1.29, 1.82) is 0 Å². The number of fused-ring (bicyclic) bond motifs is 1. The van der Waals surface area contributed by atoms with Gasteiger partial charge in [0.25, 0.3) is 11.3 Å². The average Bonchev–Trinajstić information content (AvgIpc) is 2.85. The van der Waals surface area contributed by atoms with Gasteiger partial charge in [-0.05, 0) is 18.2 Å². The van der Waals surface area contributed by atoms with Gasteiger partial charge in [0.2, 0.25) is 0 Å². The van der Waals surface area contributed by atoms with E-state index in [0.29, 0.717) is 5.69 Å². The van der Waals surface area contributed by atoms with Gasteiger partial charge in [-0.25, -0.2) is 9.19 Å². The number of pyridine rings is 2. The summed E-state index contributed by atoms with van der Waals surface area (Å²) in [5.74, 6) is 0. The first-order chi connectivity index (χ1) is 9.22. The van der Waals surface area contributed by atoms with Gasteiger partial charge in [-0.3, -0.25) is 14.3 Å². The normalized spacial score (nSPS) is 12.5. The predicted molar refractivity (Wildman–Crippen MR) is 72.8 cm³/mol. The van der Waals surface area contributed by atoms with E-state index in [4.69, 9.17) is 4.55 Å². The third kappa shape index (κ3) is 2.47. The molecule has 3 aromatic rings. The maximum Gasteiger partial charge on any atom is 0.259 e. The van der Waals surface area contributed by atoms with E-state index in [9.17, 15) is 4.21 Å². The van der Waals surface area contributed by atoms with E-state index in [-0.39, 0.29) is 0 Å². The van der Waals surface area contributed by atoms with Crippen molar-refractivity contribution in [3.05, 3.63) is 49.2 Å². The smallest absolute Gasteiger partial charge is 0.259 e. The molecule has 0 aliphatic carbocycles. The van der Waals surface area contributed by atoms with Gasteiger partial charge in [0.1, 0.15) is 5.65 Å². The van der Waals surface area contributed by atoms with Gasteiger partial charge in [0.05, 0.1) is 11.9 Å². The Bertz CT molecular complexity index is 756. The highest BCUT2D eigenvalue weighted by Gasteiger charge is 2.03. The molecule has 0 radical (unpaired) electrons. The Balaban J connectivity index is 2.02. The molecule has 0 bridgehead atoms. The van der Waals surface area contributed by atoms with Gasteiger partial charge < -0.3 is 4.40 Å². The number of hydrogen-bond acceptors (Lipinski definition) is 3. The third-order valence-corrected chi connectivity index (χ3v) is 3.08. The van der Waals surface area contributed by atoms with Crippen LogP contribution in [0, 0.1) is 0 Å². The van der Waals surface area contributed by atoms with Crippen molar-refractivity contribution in [2.24, 2.45) is 0 Å². The lowest BCUT2D eigenvalue weighted by Gasteiger charge is -2.05. The minimum absolute atomic E-state index is 0.490. The summed E-state index contributed by atoms with van der Waals surface area (Å²) in [5, 5.41) is 0. The summed E-state index contributed by atoms with van der Waals surface area (Å²) >= 11 is -2.10. The van der Waals surface area contributed by atoms with Crippen LogP contribution in [-0.4, -0.2) is 23.1 Å². The van der Waals surface area contributed by atoms with Gasteiger partial charge in [-0.1, -0.05) is 0 Å². The van der Waals surface area contributed by atoms with Crippen LogP contribution < -0.4 is 4.72 Å². The van der Waals surface area contributed by atoms with Crippen LogP contribution >= 0.6 is 0 Å². The van der Waals surface area contributed by atoms with E-state index in [2.05, 4.69) is 14.7 Å². The van der Waals surface area contributed by atoms with Crippen LogP contribution in [0.3, 0.4) is 0 Å². The molecule has 96 valence electrons. The first-order valence-electron chi connectivity index (χ1n) is 5.48. The molecule has 0 aliphatic rings. The van der Waals surface area contributed by atoms with Gasteiger partial charge in [0.15, 0.2) is 0 Å². The zero-order chi connectivity index (χ0) is 13.2. The summed E-state index contributed by atoms with van der Waals surface area (Å²) in [4.78, 5) is 8.22. The van der Waals surface area contributed by atoms with Crippen LogP contribution in [-0.2, 0) is 11.3 Å². The SMILES string of the molecule is O=S(O)Nc1cncc(-c2ccc3nccn3c2)c1. The minimum atomic E-state index is -2.10. The number of nitrogens with zero attached hydrogens (tertiary/aromatic N) is 3. The molecule has 2 N–H and O–H groups in total. The van der Waals surface area contributed by atoms with Crippen molar-refractivity contribution >= 4 is 22.6 Å². The molecule has 7 heteroatoms. The lowest BCUT2D eigenvalue weighted by atomic mass is 10.1. The molecule has 1 atom stereocenters. The van der Waals surface area contributed by atoms with Crippen LogP contribution in [0.1, 0.15) is 0 Å². The monoisotopic (exact) mass is 274 g/mol. The van der Waals surface area contributed by atoms with Crippen LogP contribution in [0.25, 0.3) is 16.8 Å². The first-order valence-corrected chi connectivity index (χ1v) is 6.59. The Hall–Kier alpha value is -2.25. The summed E-state index contributed by atoms with van der Waals surface area (Å²) in [6, 6.07) is 5.60. The summed E-state index contributed by atoms with van der Waals surface area (Å²) in [7, 11) is 0. The lowest BCUT2D eigenvalue weighted by molar-refractivity contribution is 0.570. The lowest BCUT2D eigenvalue weighted by Crippen LogP contribution is -2.02. The highest BCUT2D eigenvalue weighted by Crippen LogP contribution is 2.22. The van der Waals surface area contributed by atoms with E-state index < -0.39 is 11.3 Å². The fourth-order valence-electron chi connectivity index (χ4n) is 1.85. The van der Waals surface area contributed by atoms with E-state index in [1.54, 1.807) is 18.5 Å². The average molecular weight is 274 g/mol. The topological polar surface area (TPSA) is 79.5 Å². The van der Waals surface area contributed by atoms with Crippen molar-refractivity contribution in [3.63, 3.8) is 0 Å². The minimum Gasteiger partial charge on any atom is -0.306 e. The van der Waals surface area contributed by atoms with Crippen LogP contribution in [0.15, 0.2) is 49.2 Å². The molecule has 0 amide bonds. The highest BCUT2D eigenvalue weighted by molar-refractivity contribution is 7.80. The molecule has 19 heavy (non-hydrogen) atoms. The molecule has 0 saturated heterocycles. The van der Waals surface area contributed by atoms with Gasteiger partial charge >= 0.3 is 0 Å². The van der Waals surface area contributed by atoms with E-state index in [1.165, 1.54) is 6.20 Å². The molecule has 0 aromatic carbocycles. The second-order valence-corrected chi connectivity index (χ2v) is 4.63. The van der Waals surface area contributed by atoms with Crippen molar-refractivity contribution in [2.75, 3.05) is 4.72 Å². The Labute approximate surface area is 111 Å². The van der Waals surface area contributed by atoms with Crippen molar-refractivity contribution in [3.8, 4) is 11.1 Å². The second-order valence-electron chi connectivity index (χ2n) is 3.92. The molecule has 3 heterocycles. The Morgan fingerprint density at radius 1 is 1.26 bits per heavy atom.